The first-order valence-electron chi connectivity index (χ1n) is 7.58. The predicted molar refractivity (Wildman–Crippen MR) is 87.0 cm³/mol. The van der Waals surface area contributed by atoms with Crippen LogP contribution in [0, 0.1) is 19.7 Å². The number of benzene rings is 1. The van der Waals surface area contributed by atoms with Crippen molar-refractivity contribution in [2.45, 2.75) is 26.7 Å². The number of aromatic nitrogens is 1. The van der Waals surface area contributed by atoms with Crippen LogP contribution in [0.4, 0.5) is 10.1 Å². The number of hydrogen-bond acceptors (Lipinski definition) is 4. The van der Waals surface area contributed by atoms with Gasteiger partial charge in [0.05, 0.1) is 12.2 Å². The molecule has 0 saturated carbocycles. The van der Waals surface area contributed by atoms with E-state index in [1.54, 1.807) is 14.0 Å². The van der Waals surface area contributed by atoms with Crippen LogP contribution in [0.15, 0.2) is 28.8 Å². The maximum Gasteiger partial charge on any atom is 0.243 e. The number of anilines is 1. The van der Waals surface area contributed by atoms with Gasteiger partial charge in [-0.25, -0.2) is 4.39 Å². The molecule has 0 bridgehead atoms. The van der Waals surface area contributed by atoms with Crippen LogP contribution in [0.5, 0.6) is 0 Å². The number of aryl methyl sites for hydroxylation is 2. The second kappa shape index (κ2) is 7.72. The maximum atomic E-state index is 12.8. The summed E-state index contributed by atoms with van der Waals surface area (Å²) in [6, 6.07) is 5.45. The average Bonchev–Trinajstić information content (AvgIpc) is 2.85. The lowest BCUT2D eigenvalue weighted by atomic mass is 10.1. The Morgan fingerprint density at radius 3 is 2.50 bits per heavy atom. The Morgan fingerprint density at radius 2 is 1.92 bits per heavy atom. The molecular weight excluding hydrogens is 313 g/mol. The number of halogens is 1. The fourth-order valence-corrected chi connectivity index (χ4v) is 2.32. The molecule has 1 N–H and O–H groups in total. The lowest BCUT2D eigenvalue weighted by Gasteiger charge is -2.16. The van der Waals surface area contributed by atoms with Gasteiger partial charge in [0.1, 0.15) is 11.6 Å². The topological polar surface area (TPSA) is 75.4 Å². The Kier molecular flexibility index (Phi) is 5.68. The van der Waals surface area contributed by atoms with Gasteiger partial charge in [-0.15, -0.1) is 0 Å². The molecule has 0 aliphatic carbocycles. The summed E-state index contributed by atoms with van der Waals surface area (Å²) in [4.78, 5) is 25.4. The van der Waals surface area contributed by atoms with E-state index in [0.29, 0.717) is 17.9 Å². The van der Waals surface area contributed by atoms with Crippen LogP contribution in [0.1, 0.15) is 23.4 Å². The first-order chi connectivity index (χ1) is 11.4. The molecule has 2 amide bonds. The molecule has 0 aliphatic rings. The molecule has 2 aromatic rings. The highest BCUT2D eigenvalue weighted by Gasteiger charge is 2.16. The van der Waals surface area contributed by atoms with E-state index in [9.17, 15) is 14.0 Å². The van der Waals surface area contributed by atoms with Crippen LogP contribution in [-0.2, 0) is 16.0 Å². The third-order valence-electron chi connectivity index (χ3n) is 3.70. The summed E-state index contributed by atoms with van der Waals surface area (Å²) in [5, 5.41) is 6.47. The van der Waals surface area contributed by atoms with Gasteiger partial charge in [-0.2, -0.15) is 0 Å². The highest BCUT2D eigenvalue weighted by atomic mass is 19.1. The third kappa shape index (κ3) is 4.65. The van der Waals surface area contributed by atoms with Crippen molar-refractivity contribution in [2.75, 3.05) is 18.9 Å². The van der Waals surface area contributed by atoms with Crippen molar-refractivity contribution in [2.24, 2.45) is 0 Å². The molecule has 0 unspecified atom stereocenters. The van der Waals surface area contributed by atoms with Gasteiger partial charge in [0.15, 0.2) is 0 Å². The zero-order valence-corrected chi connectivity index (χ0v) is 13.9. The van der Waals surface area contributed by atoms with Crippen LogP contribution in [0.25, 0.3) is 0 Å². The van der Waals surface area contributed by atoms with E-state index in [0.717, 1.165) is 11.3 Å². The molecule has 1 aromatic heterocycles. The van der Waals surface area contributed by atoms with E-state index in [-0.39, 0.29) is 30.6 Å². The second-order valence-electron chi connectivity index (χ2n) is 5.61. The van der Waals surface area contributed by atoms with Crippen LogP contribution in [-0.4, -0.2) is 35.5 Å². The third-order valence-corrected chi connectivity index (χ3v) is 3.70. The molecule has 0 saturated heterocycles. The van der Waals surface area contributed by atoms with Gasteiger partial charge >= 0.3 is 0 Å². The van der Waals surface area contributed by atoms with Gasteiger partial charge in [0.25, 0.3) is 0 Å². The molecule has 0 aliphatic heterocycles. The van der Waals surface area contributed by atoms with Gasteiger partial charge in [-0.3, -0.25) is 9.59 Å². The number of nitrogens with one attached hydrogen (secondary N) is 1. The molecule has 6 nitrogen and oxygen atoms in total. The second-order valence-corrected chi connectivity index (χ2v) is 5.61. The fourth-order valence-electron chi connectivity index (χ4n) is 2.32. The molecular formula is C17H20FN3O3. The minimum Gasteiger partial charge on any atom is -0.361 e. The van der Waals surface area contributed by atoms with E-state index in [1.165, 1.54) is 29.2 Å². The monoisotopic (exact) mass is 333 g/mol. The number of carbonyl (C=O) groups excluding carboxylic acids is 2. The molecule has 7 heteroatoms. The Morgan fingerprint density at radius 1 is 1.25 bits per heavy atom. The van der Waals surface area contributed by atoms with E-state index in [1.807, 2.05) is 6.92 Å². The average molecular weight is 333 g/mol. The van der Waals surface area contributed by atoms with Crippen molar-refractivity contribution in [1.82, 2.24) is 10.1 Å². The van der Waals surface area contributed by atoms with Crippen molar-refractivity contribution in [1.29, 1.82) is 0 Å². The molecule has 128 valence electrons. The molecule has 0 spiro atoms. The van der Waals surface area contributed by atoms with Gasteiger partial charge < -0.3 is 14.7 Å². The number of amides is 2. The first-order valence-corrected chi connectivity index (χ1v) is 7.58. The van der Waals surface area contributed by atoms with Crippen LogP contribution in [0.2, 0.25) is 0 Å². The molecule has 2 rings (SSSR count). The fraction of sp³-hybridized carbons (Fsp3) is 0.353. The Balaban J connectivity index is 1.82. The van der Waals surface area contributed by atoms with E-state index >= 15 is 0 Å². The zero-order chi connectivity index (χ0) is 17.7. The largest absolute Gasteiger partial charge is 0.361 e. The van der Waals surface area contributed by atoms with Gasteiger partial charge in [-0.05, 0) is 44.5 Å². The summed E-state index contributed by atoms with van der Waals surface area (Å²) in [5.74, 6) is -0.157. The lowest BCUT2D eigenvalue weighted by molar-refractivity contribution is -0.133. The Labute approximate surface area is 139 Å². The molecule has 24 heavy (non-hydrogen) atoms. The zero-order valence-electron chi connectivity index (χ0n) is 13.9. The summed E-state index contributed by atoms with van der Waals surface area (Å²) in [6.07, 6.45) is 0.785. The molecule has 1 heterocycles. The van der Waals surface area contributed by atoms with Gasteiger partial charge in [-0.1, -0.05) is 5.16 Å². The smallest absolute Gasteiger partial charge is 0.243 e. The van der Waals surface area contributed by atoms with Crippen molar-refractivity contribution < 1.29 is 18.5 Å². The van der Waals surface area contributed by atoms with E-state index in [4.69, 9.17) is 4.52 Å². The number of rotatable bonds is 6. The highest BCUT2D eigenvalue weighted by molar-refractivity contribution is 5.94. The lowest BCUT2D eigenvalue weighted by Crippen LogP contribution is -2.35. The number of carbonyl (C=O) groups is 2. The molecule has 0 atom stereocenters. The van der Waals surface area contributed by atoms with Crippen molar-refractivity contribution in [3.05, 3.63) is 47.1 Å². The summed E-state index contributed by atoms with van der Waals surface area (Å²) < 4.78 is 17.9. The minimum atomic E-state index is -0.375. The van der Waals surface area contributed by atoms with Gasteiger partial charge in [0, 0.05) is 24.7 Å². The molecule has 0 radical (unpaired) electrons. The summed E-state index contributed by atoms with van der Waals surface area (Å²) >= 11 is 0. The van der Waals surface area contributed by atoms with Crippen molar-refractivity contribution in [3.63, 3.8) is 0 Å². The molecule has 0 fully saturated rings. The van der Waals surface area contributed by atoms with Crippen molar-refractivity contribution in [3.8, 4) is 0 Å². The number of hydrogen-bond donors (Lipinski definition) is 1. The van der Waals surface area contributed by atoms with Gasteiger partial charge in [0.2, 0.25) is 11.8 Å². The van der Waals surface area contributed by atoms with Crippen LogP contribution < -0.4 is 5.32 Å². The Bertz CT molecular complexity index is 706. The summed E-state index contributed by atoms with van der Waals surface area (Å²) in [6.45, 7) is 3.56. The summed E-state index contributed by atoms with van der Waals surface area (Å²) in [7, 11) is 1.57. The predicted octanol–water partition coefficient (Wildman–Crippen LogP) is 2.46. The molecule has 1 aromatic carbocycles. The van der Waals surface area contributed by atoms with E-state index < -0.39 is 0 Å². The Hall–Kier alpha value is -2.70. The van der Waals surface area contributed by atoms with Crippen molar-refractivity contribution >= 4 is 17.5 Å². The standard InChI is InChI=1S/C17H20FN3O3/c1-11-15(12(2)24-20-11)8-9-17(23)21(3)10-16(22)19-14-6-4-13(18)5-7-14/h4-7H,8-10H2,1-3H3,(H,19,22). The highest BCUT2D eigenvalue weighted by Crippen LogP contribution is 2.15. The number of nitrogens with zero attached hydrogens (tertiary/aromatic N) is 2. The SMILES string of the molecule is Cc1noc(C)c1CCC(=O)N(C)CC(=O)Nc1ccc(F)cc1. The number of likely N-dealkylation sites (N-methyl/N-ethyl adjacent to an activating group) is 1. The van der Waals surface area contributed by atoms with E-state index in [2.05, 4.69) is 10.5 Å². The maximum absolute atomic E-state index is 12.8. The van der Waals surface area contributed by atoms with Crippen LogP contribution in [0.3, 0.4) is 0 Å². The summed E-state index contributed by atoms with van der Waals surface area (Å²) in [5.41, 5.74) is 2.18. The first kappa shape index (κ1) is 17.7. The van der Waals surface area contributed by atoms with Crippen LogP contribution >= 0.6 is 0 Å². The quantitative estimate of drug-likeness (QED) is 0.881. The normalized spacial score (nSPS) is 10.5. The minimum absolute atomic E-state index is 0.0716.